The molecule has 0 saturated carbocycles. The lowest BCUT2D eigenvalue weighted by atomic mass is 10.3. The van der Waals surface area contributed by atoms with E-state index in [1.165, 1.54) is 0 Å². The lowest BCUT2D eigenvalue weighted by Gasteiger charge is -2.39. The summed E-state index contributed by atoms with van der Waals surface area (Å²) in [5.41, 5.74) is 2.03. The number of nitrogens with zero attached hydrogens (tertiary/aromatic N) is 6. The molecule has 0 saturated heterocycles. The summed E-state index contributed by atoms with van der Waals surface area (Å²) >= 11 is 0. The molecule has 0 aliphatic heterocycles. The molecule has 0 amide bonds. The molecule has 0 aliphatic carbocycles. The summed E-state index contributed by atoms with van der Waals surface area (Å²) in [7, 11) is 11.1. The highest BCUT2D eigenvalue weighted by Gasteiger charge is 2.48. The summed E-state index contributed by atoms with van der Waals surface area (Å²) in [5.74, 6) is 0. The summed E-state index contributed by atoms with van der Waals surface area (Å²) in [6, 6.07) is 8.10. The molecule has 0 atom stereocenters. The molecule has 0 radical (unpaired) electrons. The highest BCUT2D eigenvalue weighted by atomic mass is 31.2. The van der Waals surface area contributed by atoms with Gasteiger partial charge in [-0.25, -0.2) is 4.68 Å². The highest BCUT2D eigenvalue weighted by Crippen LogP contribution is 2.64. The van der Waals surface area contributed by atoms with Crippen LogP contribution in [-0.2, 0) is 6.29 Å². The number of para-hydroxylation sites is 1. The smallest absolute Gasteiger partial charge is 0.204 e. The lowest BCUT2D eigenvalue weighted by molar-refractivity contribution is 0.440. The topological polar surface area (TPSA) is 40.4 Å². The maximum atomic E-state index is 4.34. The predicted molar refractivity (Wildman–Crippen MR) is 85.5 cm³/mol. The fourth-order valence-corrected chi connectivity index (χ4v) is 6.13. The molecule has 1 aromatic carbocycles. The van der Waals surface area contributed by atoms with E-state index in [-0.39, 0.29) is 0 Å². The molecule has 20 heavy (non-hydrogen) atoms. The number of hydrogen-bond acceptors (Lipinski definition) is 5. The van der Waals surface area contributed by atoms with Gasteiger partial charge in [0.1, 0.15) is 5.52 Å². The van der Waals surface area contributed by atoms with Crippen molar-refractivity contribution in [2.24, 2.45) is 0 Å². The third kappa shape index (κ3) is 2.44. The molecule has 0 N–H and O–H groups in total. The fourth-order valence-electron chi connectivity index (χ4n) is 2.65. The van der Waals surface area contributed by atoms with Crippen LogP contribution in [0, 0.1) is 0 Å². The SMILES string of the molecule is CN(C)[P+](Cn1nnc2ccccc21)(N(C)C)N(C)C. The molecular weight excluding hydrogens is 271 g/mol. The van der Waals surface area contributed by atoms with E-state index in [4.69, 9.17) is 0 Å². The molecular formula is C13H24N6P+. The first-order valence-electron chi connectivity index (χ1n) is 6.59. The van der Waals surface area contributed by atoms with Crippen molar-refractivity contribution in [3.63, 3.8) is 0 Å². The Morgan fingerprint density at radius 3 is 2.05 bits per heavy atom. The van der Waals surface area contributed by atoms with Gasteiger partial charge in [-0.05, 0) is 12.1 Å². The van der Waals surface area contributed by atoms with Crippen LogP contribution >= 0.6 is 7.71 Å². The molecule has 1 heterocycles. The van der Waals surface area contributed by atoms with Gasteiger partial charge in [0.15, 0.2) is 0 Å². The minimum absolute atomic E-state index is 0.820. The first-order valence-corrected chi connectivity index (χ1v) is 8.42. The van der Waals surface area contributed by atoms with Crippen molar-refractivity contribution in [1.29, 1.82) is 0 Å². The molecule has 6 nitrogen and oxygen atoms in total. The average Bonchev–Trinajstić information content (AvgIpc) is 2.77. The van der Waals surface area contributed by atoms with Gasteiger partial charge in [0.25, 0.3) is 0 Å². The van der Waals surface area contributed by atoms with Crippen LogP contribution in [0.1, 0.15) is 0 Å². The number of rotatable bonds is 5. The second kappa shape index (κ2) is 5.74. The summed E-state index contributed by atoms with van der Waals surface area (Å²) < 4.78 is 8.94. The van der Waals surface area contributed by atoms with Gasteiger partial charge in [-0.1, -0.05) is 17.3 Å². The van der Waals surface area contributed by atoms with E-state index in [0.717, 1.165) is 17.3 Å². The average molecular weight is 295 g/mol. The molecule has 7 heteroatoms. The molecule has 0 aliphatic rings. The zero-order chi connectivity index (χ0) is 14.9. The third-order valence-corrected chi connectivity index (χ3v) is 8.16. The molecule has 0 unspecified atom stereocenters. The van der Waals surface area contributed by atoms with Gasteiger partial charge in [-0.2, -0.15) is 14.0 Å². The maximum Gasteiger partial charge on any atom is 0.248 e. The van der Waals surface area contributed by atoms with Crippen LogP contribution < -0.4 is 0 Å². The first-order chi connectivity index (χ1) is 9.39. The van der Waals surface area contributed by atoms with Gasteiger partial charge in [0.2, 0.25) is 14.0 Å². The Kier molecular flexibility index (Phi) is 4.39. The molecule has 0 fully saturated rings. The zero-order valence-electron chi connectivity index (χ0n) is 13.1. The molecule has 2 aromatic rings. The van der Waals surface area contributed by atoms with Gasteiger partial charge in [-0.3, -0.25) is 0 Å². The van der Waals surface area contributed by atoms with Crippen molar-refractivity contribution in [3.8, 4) is 0 Å². The van der Waals surface area contributed by atoms with E-state index in [2.05, 4.69) is 72.7 Å². The van der Waals surface area contributed by atoms with Crippen molar-refractivity contribution >= 4 is 18.7 Å². The molecule has 110 valence electrons. The van der Waals surface area contributed by atoms with Gasteiger partial charge >= 0.3 is 0 Å². The Bertz CT molecular complexity index is 555. The van der Waals surface area contributed by atoms with Crippen LogP contribution in [0.15, 0.2) is 24.3 Å². The van der Waals surface area contributed by atoms with Crippen molar-refractivity contribution in [3.05, 3.63) is 24.3 Å². The highest BCUT2D eigenvalue weighted by molar-refractivity contribution is 7.67. The molecule has 0 spiro atoms. The quantitative estimate of drug-likeness (QED) is 0.787. The fraction of sp³-hybridized carbons (Fsp3) is 0.538. The normalized spacial score (nSPS) is 13.1. The molecule has 1 aromatic heterocycles. The van der Waals surface area contributed by atoms with Gasteiger partial charge in [-0.15, -0.1) is 5.10 Å². The Hall–Kier alpha value is -1.07. The van der Waals surface area contributed by atoms with Gasteiger partial charge < -0.3 is 0 Å². The first kappa shape index (κ1) is 15.3. The van der Waals surface area contributed by atoms with Crippen molar-refractivity contribution in [1.82, 2.24) is 29.0 Å². The zero-order valence-corrected chi connectivity index (χ0v) is 14.0. The van der Waals surface area contributed by atoms with Crippen molar-refractivity contribution < 1.29 is 0 Å². The Labute approximate surface area is 121 Å². The lowest BCUT2D eigenvalue weighted by Crippen LogP contribution is -2.38. The van der Waals surface area contributed by atoms with E-state index in [1.807, 2.05) is 22.9 Å². The van der Waals surface area contributed by atoms with Crippen LogP contribution in [0.3, 0.4) is 0 Å². The van der Waals surface area contributed by atoms with Crippen molar-refractivity contribution in [2.75, 3.05) is 42.3 Å². The number of aromatic nitrogens is 3. The summed E-state index contributed by atoms with van der Waals surface area (Å²) in [6.45, 7) is 0. The number of fused-ring (bicyclic) bond motifs is 1. The summed E-state index contributed by atoms with van der Waals surface area (Å²) in [5, 5.41) is 8.60. The van der Waals surface area contributed by atoms with Crippen LogP contribution in [0.2, 0.25) is 0 Å². The van der Waals surface area contributed by atoms with Crippen LogP contribution in [0.25, 0.3) is 11.0 Å². The Morgan fingerprint density at radius 2 is 1.50 bits per heavy atom. The second-order valence-electron chi connectivity index (χ2n) is 5.45. The van der Waals surface area contributed by atoms with Crippen LogP contribution in [-0.4, -0.2) is 71.3 Å². The van der Waals surface area contributed by atoms with Gasteiger partial charge in [0, 0.05) is 42.3 Å². The Morgan fingerprint density at radius 1 is 0.950 bits per heavy atom. The van der Waals surface area contributed by atoms with E-state index in [9.17, 15) is 0 Å². The minimum Gasteiger partial charge on any atom is -0.204 e. The summed E-state index contributed by atoms with van der Waals surface area (Å²) in [4.78, 5) is 0. The maximum absolute atomic E-state index is 4.34. The monoisotopic (exact) mass is 295 g/mol. The van der Waals surface area contributed by atoms with E-state index in [1.54, 1.807) is 0 Å². The van der Waals surface area contributed by atoms with E-state index < -0.39 is 7.71 Å². The van der Waals surface area contributed by atoms with Gasteiger partial charge in [0.05, 0.1) is 5.52 Å². The number of hydrogen-bond donors (Lipinski definition) is 0. The Balaban J connectivity index is 2.47. The van der Waals surface area contributed by atoms with Crippen molar-refractivity contribution in [2.45, 2.75) is 6.29 Å². The molecule has 0 bridgehead atoms. The summed E-state index contributed by atoms with van der Waals surface area (Å²) in [6.07, 6.45) is 0.820. The standard InChI is InChI=1S/C13H24N6P/c1-16(2)20(17(3)4,18(5)6)11-19-13-10-8-7-9-12(13)14-15-19/h7-10H,11H2,1-6H3/q+1. The number of benzene rings is 1. The third-order valence-electron chi connectivity index (χ3n) is 3.67. The minimum atomic E-state index is -1.64. The molecule has 2 rings (SSSR count). The van der Waals surface area contributed by atoms with E-state index >= 15 is 0 Å². The van der Waals surface area contributed by atoms with Crippen LogP contribution in [0.5, 0.6) is 0 Å². The largest absolute Gasteiger partial charge is 0.248 e. The second-order valence-corrected chi connectivity index (χ2v) is 9.52. The van der Waals surface area contributed by atoms with E-state index in [0.29, 0.717) is 0 Å². The predicted octanol–water partition coefficient (Wildman–Crippen LogP) is 1.84. The van der Waals surface area contributed by atoms with Crippen LogP contribution in [0.4, 0.5) is 0 Å².